The van der Waals surface area contributed by atoms with Gasteiger partial charge < -0.3 is 5.32 Å². The number of nitrogens with one attached hydrogen (secondary N) is 3. The Balaban J connectivity index is 1.55. The van der Waals surface area contributed by atoms with Crippen molar-refractivity contribution in [3.8, 4) is 11.3 Å². The number of aromatic amines is 2. The van der Waals surface area contributed by atoms with Crippen molar-refractivity contribution in [1.29, 1.82) is 0 Å². The van der Waals surface area contributed by atoms with Crippen LogP contribution in [0.25, 0.3) is 33.1 Å². The van der Waals surface area contributed by atoms with Crippen LogP contribution in [0.15, 0.2) is 42.9 Å². The van der Waals surface area contributed by atoms with Crippen molar-refractivity contribution in [1.82, 2.24) is 30.4 Å². The third-order valence-electron chi connectivity index (χ3n) is 6.36. The quantitative estimate of drug-likeness (QED) is 0.331. The molecule has 0 spiro atoms. The van der Waals surface area contributed by atoms with Crippen molar-refractivity contribution < 1.29 is 13.2 Å². The molecule has 34 heavy (non-hydrogen) atoms. The number of aromatic nitrogens is 6. The third-order valence-corrected chi connectivity index (χ3v) is 6.36. The van der Waals surface area contributed by atoms with Gasteiger partial charge in [-0.25, -0.2) is 4.98 Å². The van der Waals surface area contributed by atoms with Crippen molar-refractivity contribution >= 4 is 27.5 Å². The molecular formula is C24H20F3N7. The molecule has 0 aliphatic heterocycles. The number of benzene rings is 1. The van der Waals surface area contributed by atoms with E-state index in [4.69, 9.17) is 4.98 Å². The van der Waals surface area contributed by atoms with Crippen LogP contribution in [0.3, 0.4) is 0 Å². The molecule has 0 atom stereocenters. The van der Waals surface area contributed by atoms with Crippen LogP contribution in [0, 0.1) is 0 Å². The molecule has 0 saturated carbocycles. The molecule has 3 N–H and O–H groups in total. The molecular weight excluding hydrogens is 443 g/mol. The van der Waals surface area contributed by atoms with E-state index < -0.39 is 11.9 Å². The minimum absolute atomic E-state index is 0.00157. The lowest BCUT2D eigenvalue weighted by Gasteiger charge is -2.22. The molecule has 0 radical (unpaired) electrons. The molecule has 4 aromatic heterocycles. The number of aryl methyl sites for hydroxylation is 1. The van der Waals surface area contributed by atoms with Crippen LogP contribution >= 0.6 is 0 Å². The molecule has 6 rings (SSSR count). The van der Waals surface area contributed by atoms with Gasteiger partial charge in [0.05, 0.1) is 40.2 Å². The Labute approximate surface area is 191 Å². The second kappa shape index (κ2) is 7.82. The fourth-order valence-electron chi connectivity index (χ4n) is 4.89. The number of halogens is 3. The standard InChI is InChI=1S/C24H20F3N7/c25-24(26,27)23-16(11-30-34-23)22-15-6-2-1-5-14(15)20-17(31-22)7-8-18-21(20)19(33-32-18)12-29-13-4-3-9-28-10-13/h3-4,7-11,29H,1-2,5-6,12H2,(H,30,34)(H,32,33). The lowest BCUT2D eigenvalue weighted by Crippen LogP contribution is -2.11. The molecule has 1 aliphatic rings. The van der Waals surface area contributed by atoms with Gasteiger partial charge in [0.2, 0.25) is 0 Å². The van der Waals surface area contributed by atoms with Gasteiger partial charge in [0.25, 0.3) is 0 Å². The van der Waals surface area contributed by atoms with Crippen molar-refractivity contribution in [2.75, 3.05) is 5.32 Å². The van der Waals surface area contributed by atoms with Crippen LogP contribution in [0.4, 0.5) is 18.9 Å². The average Bonchev–Trinajstić information content (AvgIpc) is 3.50. The first-order valence-corrected chi connectivity index (χ1v) is 11.1. The minimum atomic E-state index is -4.56. The zero-order chi connectivity index (χ0) is 23.3. The van der Waals surface area contributed by atoms with Crippen LogP contribution < -0.4 is 5.32 Å². The average molecular weight is 463 g/mol. The van der Waals surface area contributed by atoms with E-state index in [2.05, 4.69) is 30.7 Å². The molecule has 10 heteroatoms. The zero-order valence-electron chi connectivity index (χ0n) is 18.0. The minimum Gasteiger partial charge on any atom is -0.378 e. The largest absolute Gasteiger partial charge is 0.435 e. The van der Waals surface area contributed by atoms with Gasteiger partial charge in [-0.05, 0) is 61.1 Å². The molecule has 1 aliphatic carbocycles. The van der Waals surface area contributed by atoms with Gasteiger partial charge >= 0.3 is 6.18 Å². The van der Waals surface area contributed by atoms with E-state index in [-0.39, 0.29) is 5.56 Å². The number of nitrogens with zero attached hydrogens (tertiary/aromatic N) is 4. The molecule has 1 aromatic carbocycles. The summed E-state index contributed by atoms with van der Waals surface area (Å²) in [5.74, 6) is 0. The van der Waals surface area contributed by atoms with Gasteiger partial charge in [0, 0.05) is 29.4 Å². The highest BCUT2D eigenvalue weighted by atomic mass is 19.4. The van der Waals surface area contributed by atoms with E-state index in [0.717, 1.165) is 58.1 Å². The Morgan fingerprint density at radius 1 is 1.00 bits per heavy atom. The van der Waals surface area contributed by atoms with Crippen LogP contribution in [0.5, 0.6) is 0 Å². The van der Waals surface area contributed by atoms with Gasteiger partial charge in [-0.1, -0.05) is 0 Å². The van der Waals surface area contributed by atoms with Crippen molar-refractivity contribution in [3.05, 3.63) is 65.4 Å². The number of hydrogen-bond acceptors (Lipinski definition) is 5. The van der Waals surface area contributed by atoms with E-state index in [9.17, 15) is 13.2 Å². The van der Waals surface area contributed by atoms with Crippen LogP contribution in [0.1, 0.15) is 35.4 Å². The summed E-state index contributed by atoms with van der Waals surface area (Å²) in [6.07, 6.45) is 3.52. The molecule has 172 valence electrons. The predicted molar refractivity (Wildman–Crippen MR) is 122 cm³/mol. The molecule has 5 aromatic rings. The maximum atomic E-state index is 13.6. The summed E-state index contributed by atoms with van der Waals surface area (Å²) in [5.41, 5.74) is 4.57. The number of hydrogen-bond donors (Lipinski definition) is 3. The summed E-state index contributed by atoms with van der Waals surface area (Å²) in [6, 6.07) is 7.51. The Hall–Kier alpha value is -3.95. The number of alkyl halides is 3. The summed E-state index contributed by atoms with van der Waals surface area (Å²) in [6.45, 7) is 0.473. The lowest BCUT2D eigenvalue weighted by atomic mass is 9.85. The molecule has 0 unspecified atom stereocenters. The van der Waals surface area contributed by atoms with Crippen LogP contribution in [0.2, 0.25) is 0 Å². The Kier molecular flexibility index (Phi) is 4.75. The summed E-state index contributed by atoms with van der Waals surface area (Å²) < 4.78 is 40.9. The zero-order valence-corrected chi connectivity index (χ0v) is 18.0. The topological polar surface area (TPSA) is 95.2 Å². The van der Waals surface area contributed by atoms with Gasteiger partial charge in [-0.3, -0.25) is 15.2 Å². The molecule has 0 saturated heterocycles. The van der Waals surface area contributed by atoms with E-state index in [1.54, 1.807) is 12.4 Å². The van der Waals surface area contributed by atoms with Gasteiger partial charge in [-0.2, -0.15) is 23.4 Å². The highest BCUT2D eigenvalue weighted by molar-refractivity contribution is 6.09. The van der Waals surface area contributed by atoms with E-state index in [0.29, 0.717) is 24.2 Å². The van der Waals surface area contributed by atoms with Crippen LogP contribution in [-0.2, 0) is 25.6 Å². The first-order valence-electron chi connectivity index (χ1n) is 11.1. The monoisotopic (exact) mass is 463 g/mol. The van der Waals surface area contributed by atoms with Crippen LogP contribution in [-0.4, -0.2) is 30.4 Å². The first kappa shape index (κ1) is 20.6. The smallest absolute Gasteiger partial charge is 0.378 e. The number of H-pyrrole nitrogens is 2. The van der Waals surface area contributed by atoms with E-state index in [1.807, 2.05) is 24.3 Å². The van der Waals surface area contributed by atoms with Gasteiger partial charge in [-0.15, -0.1) is 0 Å². The molecule has 0 fully saturated rings. The second-order valence-electron chi connectivity index (χ2n) is 8.42. The van der Waals surface area contributed by atoms with Gasteiger partial charge in [0.1, 0.15) is 0 Å². The third kappa shape index (κ3) is 3.37. The number of pyridine rings is 2. The molecule has 4 heterocycles. The predicted octanol–water partition coefficient (Wildman–Crippen LogP) is 5.41. The SMILES string of the molecule is FC(F)(F)c1n[nH]cc1-c1nc2ccc3[nH]nc(CNc4cccnc4)c3c2c2c1CCCC2. The summed E-state index contributed by atoms with van der Waals surface area (Å²) in [7, 11) is 0. The maximum Gasteiger partial charge on any atom is 0.435 e. The Morgan fingerprint density at radius 2 is 1.85 bits per heavy atom. The van der Waals surface area contributed by atoms with Gasteiger partial charge in [0.15, 0.2) is 5.69 Å². The summed E-state index contributed by atoms with van der Waals surface area (Å²) in [4.78, 5) is 8.89. The fraction of sp³-hybridized carbons (Fsp3) is 0.250. The molecule has 0 bridgehead atoms. The van der Waals surface area contributed by atoms with Crippen molar-refractivity contribution in [2.45, 2.75) is 38.4 Å². The van der Waals surface area contributed by atoms with E-state index in [1.165, 1.54) is 6.20 Å². The van der Waals surface area contributed by atoms with Crippen molar-refractivity contribution in [3.63, 3.8) is 0 Å². The number of anilines is 1. The molecule has 0 amide bonds. The first-order chi connectivity index (χ1) is 16.5. The Bertz CT molecular complexity index is 1500. The Morgan fingerprint density at radius 3 is 2.65 bits per heavy atom. The maximum absolute atomic E-state index is 13.6. The van der Waals surface area contributed by atoms with E-state index >= 15 is 0 Å². The number of fused-ring (bicyclic) bond motifs is 5. The second-order valence-corrected chi connectivity index (χ2v) is 8.42. The summed E-state index contributed by atoms with van der Waals surface area (Å²) >= 11 is 0. The normalized spacial score (nSPS) is 14.0. The fourth-order valence-corrected chi connectivity index (χ4v) is 4.89. The summed E-state index contributed by atoms with van der Waals surface area (Å²) in [5, 5.41) is 18.8. The lowest BCUT2D eigenvalue weighted by molar-refractivity contribution is -0.140. The number of rotatable bonds is 4. The van der Waals surface area contributed by atoms with Crippen molar-refractivity contribution in [2.24, 2.45) is 0 Å². The molecule has 7 nitrogen and oxygen atoms in total. The highest BCUT2D eigenvalue weighted by Crippen LogP contribution is 2.42. The highest BCUT2D eigenvalue weighted by Gasteiger charge is 2.38.